The number of aliphatic hydroxyl groups is 1. The van der Waals surface area contributed by atoms with Gasteiger partial charge >= 0.3 is 0 Å². The normalized spacial score (nSPS) is 23.4. The SMILES string of the molecule is O=C1[C@H](Oc2ccccc2)[C@H](CO)N1CCCl. The second kappa shape index (κ2) is 5.38. The van der Waals surface area contributed by atoms with Crippen molar-refractivity contribution in [2.75, 3.05) is 19.0 Å². The summed E-state index contributed by atoms with van der Waals surface area (Å²) in [6.45, 7) is 0.334. The van der Waals surface area contributed by atoms with Crippen molar-refractivity contribution < 1.29 is 14.6 Å². The van der Waals surface area contributed by atoms with Gasteiger partial charge in [-0.1, -0.05) is 18.2 Å². The van der Waals surface area contributed by atoms with Gasteiger partial charge in [0.25, 0.3) is 5.91 Å². The van der Waals surface area contributed by atoms with Gasteiger partial charge in [-0.3, -0.25) is 4.79 Å². The number of ether oxygens (including phenoxy) is 1. The molecule has 2 atom stereocenters. The molecule has 1 amide bonds. The van der Waals surface area contributed by atoms with Crippen LogP contribution in [0.25, 0.3) is 0 Å². The van der Waals surface area contributed by atoms with Crippen molar-refractivity contribution in [1.82, 2.24) is 4.90 Å². The van der Waals surface area contributed by atoms with Crippen LogP contribution in [0.15, 0.2) is 30.3 Å². The Morgan fingerprint density at radius 3 is 2.65 bits per heavy atom. The molecule has 4 nitrogen and oxygen atoms in total. The molecule has 0 bridgehead atoms. The fourth-order valence-corrected chi connectivity index (χ4v) is 2.09. The van der Waals surface area contributed by atoms with Crippen LogP contribution < -0.4 is 4.74 Å². The van der Waals surface area contributed by atoms with E-state index in [2.05, 4.69) is 0 Å². The number of β-lactam (4-membered cyclic amide) rings is 1. The van der Waals surface area contributed by atoms with E-state index in [9.17, 15) is 9.90 Å². The van der Waals surface area contributed by atoms with Crippen molar-refractivity contribution in [3.05, 3.63) is 30.3 Å². The minimum atomic E-state index is -0.592. The van der Waals surface area contributed by atoms with E-state index in [0.717, 1.165) is 0 Å². The maximum absolute atomic E-state index is 11.8. The van der Waals surface area contributed by atoms with Gasteiger partial charge in [0.2, 0.25) is 0 Å². The number of nitrogens with zero attached hydrogens (tertiary/aromatic N) is 1. The zero-order chi connectivity index (χ0) is 12.3. The van der Waals surface area contributed by atoms with Gasteiger partial charge in [-0.05, 0) is 12.1 Å². The molecule has 1 aliphatic rings. The van der Waals surface area contributed by atoms with Crippen molar-refractivity contribution in [2.45, 2.75) is 12.1 Å². The quantitative estimate of drug-likeness (QED) is 0.628. The van der Waals surface area contributed by atoms with E-state index in [1.807, 2.05) is 18.2 Å². The van der Waals surface area contributed by atoms with Crippen molar-refractivity contribution in [3.8, 4) is 5.75 Å². The van der Waals surface area contributed by atoms with Crippen molar-refractivity contribution in [3.63, 3.8) is 0 Å². The summed E-state index contributed by atoms with van der Waals surface area (Å²) in [7, 11) is 0. The Morgan fingerprint density at radius 1 is 1.35 bits per heavy atom. The first-order chi connectivity index (χ1) is 8.27. The molecule has 1 saturated heterocycles. The molecule has 0 unspecified atom stereocenters. The lowest BCUT2D eigenvalue weighted by molar-refractivity contribution is -0.165. The number of halogens is 1. The van der Waals surface area contributed by atoms with Gasteiger partial charge in [-0.15, -0.1) is 11.6 Å². The van der Waals surface area contributed by atoms with E-state index in [4.69, 9.17) is 16.3 Å². The molecule has 2 rings (SSSR count). The smallest absolute Gasteiger partial charge is 0.266 e. The third-order valence-corrected chi connectivity index (χ3v) is 2.96. The molecule has 0 aromatic heterocycles. The third kappa shape index (κ3) is 2.37. The van der Waals surface area contributed by atoms with Crippen LogP contribution in [0.2, 0.25) is 0 Å². The first-order valence-electron chi connectivity index (χ1n) is 5.47. The highest BCUT2D eigenvalue weighted by Crippen LogP contribution is 2.25. The summed E-state index contributed by atoms with van der Waals surface area (Å²) >= 11 is 5.59. The van der Waals surface area contributed by atoms with Crippen LogP contribution in [0.3, 0.4) is 0 Å². The van der Waals surface area contributed by atoms with Crippen molar-refractivity contribution in [1.29, 1.82) is 0 Å². The van der Waals surface area contributed by atoms with Crippen LogP contribution >= 0.6 is 11.6 Å². The molecule has 0 aliphatic carbocycles. The molecule has 0 spiro atoms. The number of hydrogen-bond donors (Lipinski definition) is 1. The monoisotopic (exact) mass is 255 g/mol. The largest absolute Gasteiger partial charge is 0.478 e. The van der Waals surface area contributed by atoms with E-state index in [1.165, 1.54) is 0 Å². The molecule has 1 aliphatic heterocycles. The summed E-state index contributed by atoms with van der Waals surface area (Å²) in [6.07, 6.45) is -0.592. The summed E-state index contributed by atoms with van der Waals surface area (Å²) in [5.74, 6) is 0.878. The van der Waals surface area contributed by atoms with Gasteiger partial charge in [0, 0.05) is 12.4 Å². The van der Waals surface area contributed by atoms with Crippen LogP contribution in [0.4, 0.5) is 0 Å². The number of amides is 1. The molecule has 1 aromatic rings. The highest BCUT2D eigenvalue weighted by molar-refractivity contribution is 6.18. The molecular weight excluding hydrogens is 242 g/mol. The number of likely N-dealkylation sites (tertiary alicyclic amines) is 1. The number of alkyl halides is 1. The van der Waals surface area contributed by atoms with Gasteiger partial charge < -0.3 is 14.7 Å². The number of rotatable bonds is 5. The van der Waals surface area contributed by atoms with Gasteiger partial charge in [0.05, 0.1) is 6.61 Å². The topological polar surface area (TPSA) is 49.8 Å². The van der Waals surface area contributed by atoms with Gasteiger partial charge in [0.15, 0.2) is 6.10 Å². The lowest BCUT2D eigenvalue weighted by atomic mass is 9.99. The Hall–Kier alpha value is -1.26. The van der Waals surface area contributed by atoms with E-state index >= 15 is 0 Å². The molecule has 92 valence electrons. The number of carbonyl (C=O) groups excluding carboxylic acids is 1. The Bertz CT molecular complexity index is 385. The summed E-state index contributed by atoms with van der Waals surface area (Å²) in [6, 6.07) is 8.82. The number of benzene rings is 1. The Kier molecular flexibility index (Phi) is 3.86. The number of para-hydroxylation sites is 1. The second-order valence-corrected chi connectivity index (χ2v) is 4.20. The van der Waals surface area contributed by atoms with E-state index in [-0.39, 0.29) is 18.6 Å². The van der Waals surface area contributed by atoms with E-state index in [1.54, 1.807) is 17.0 Å². The van der Waals surface area contributed by atoms with Gasteiger partial charge in [-0.2, -0.15) is 0 Å². The Morgan fingerprint density at radius 2 is 2.06 bits per heavy atom. The Balaban J connectivity index is 2.00. The van der Waals surface area contributed by atoms with Crippen LogP contribution in [0.5, 0.6) is 5.75 Å². The maximum atomic E-state index is 11.8. The van der Waals surface area contributed by atoms with Gasteiger partial charge in [0.1, 0.15) is 11.8 Å². The molecule has 17 heavy (non-hydrogen) atoms. The third-order valence-electron chi connectivity index (χ3n) is 2.80. The number of aliphatic hydroxyl groups excluding tert-OH is 1. The minimum absolute atomic E-state index is 0.111. The summed E-state index contributed by atoms with van der Waals surface area (Å²) in [5, 5.41) is 9.23. The lowest BCUT2D eigenvalue weighted by Crippen LogP contribution is -2.68. The summed E-state index contributed by atoms with van der Waals surface area (Å²) < 4.78 is 5.55. The average Bonchev–Trinajstić information content (AvgIpc) is 2.38. The first kappa shape index (κ1) is 12.2. The fourth-order valence-electron chi connectivity index (χ4n) is 1.91. The first-order valence-corrected chi connectivity index (χ1v) is 6.00. The van der Waals surface area contributed by atoms with E-state index < -0.39 is 6.10 Å². The summed E-state index contributed by atoms with van der Waals surface area (Å²) in [5.41, 5.74) is 0. The molecule has 0 radical (unpaired) electrons. The predicted molar refractivity (Wildman–Crippen MR) is 64.2 cm³/mol. The molecule has 0 saturated carbocycles. The average molecular weight is 256 g/mol. The molecule has 1 N–H and O–H groups in total. The van der Waals surface area contributed by atoms with Crippen molar-refractivity contribution in [2.24, 2.45) is 0 Å². The van der Waals surface area contributed by atoms with Crippen LogP contribution in [-0.2, 0) is 4.79 Å². The van der Waals surface area contributed by atoms with Crippen molar-refractivity contribution >= 4 is 17.5 Å². The number of carbonyl (C=O) groups is 1. The molecule has 5 heteroatoms. The molecule has 1 fully saturated rings. The zero-order valence-electron chi connectivity index (χ0n) is 9.25. The predicted octanol–water partition coefficient (Wildman–Crippen LogP) is 0.876. The molecule has 1 heterocycles. The van der Waals surface area contributed by atoms with Gasteiger partial charge in [-0.25, -0.2) is 0 Å². The second-order valence-electron chi connectivity index (χ2n) is 3.82. The highest BCUT2D eigenvalue weighted by atomic mass is 35.5. The minimum Gasteiger partial charge on any atom is -0.478 e. The highest BCUT2D eigenvalue weighted by Gasteiger charge is 2.48. The summed E-state index contributed by atoms with van der Waals surface area (Å²) in [4.78, 5) is 13.3. The molecular formula is C12H14ClNO3. The maximum Gasteiger partial charge on any atom is 0.266 e. The lowest BCUT2D eigenvalue weighted by Gasteiger charge is -2.45. The standard InChI is InChI=1S/C12H14ClNO3/c13-6-7-14-10(8-15)11(12(14)16)17-9-4-2-1-3-5-9/h1-5,10-11,15H,6-8H2/t10-,11+/m0/s1. The Labute approximate surface area is 105 Å². The number of hydrogen-bond acceptors (Lipinski definition) is 3. The van der Waals surface area contributed by atoms with Crippen LogP contribution in [0, 0.1) is 0 Å². The van der Waals surface area contributed by atoms with E-state index in [0.29, 0.717) is 18.2 Å². The zero-order valence-corrected chi connectivity index (χ0v) is 10.0. The van der Waals surface area contributed by atoms with Crippen LogP contribution in [0.1, 0.15) is 0 Å². The van der Waals surface area contributed by atoms with Crippen LogP contribution in [-0.4, -0.2) is 47.1 Å². The fraction of sp³-hybridized carbons (Fsp3) is 0.417. The molecule has 1 aromatic carbocycles.